The Bertz CT molecular complexity index is 1040. The van der Waals surface area contributed by atoms with E-state index in [9.17, 15) is 19.5 Å². The Labute approximate surface area is 180 Å². The topological polar surface area (TPSA) is 108 Å². The highest BCUT2D eigenvalue weighted by Crippen LogP contribution is 2.28. The van der Waals surface area contributed by atoms with Gasteiger partial charge in [-0.05, 0) is 23.1 Å². The van der Waals surface area contributed by atoms with Gasteiger partial charge in [0.05, 0.1) is 19.7 Å². The van der Waals surface area contributed by atoms with Crippen molar-refractivity contribution in [3.05, 3.63) is 62.2 Å². The van der Waals surface area contributed by atoms with E-state index >= 15 is 0 Å². The molecule has 3 rings (SSSR count). The molecule has 1 aromatic carbocycles. The zero-order valence-corrected chi connectivity index (χ0v) is 18.4. The first kappa shape index (κ1) is 22.6. The Morgan fingerprint density at radius 2 is 1.84 bits per heavy atom. The summed E-state index contributed by atoms with van der Waals surface area (Å²) in [7, 11) is 1.58. The molecule has 31 heavy (non-hydrogen) atoms. The minimum atomic E-state index is -0.932. The fourth-order valence-corrected chi connectivity index (χ4v) is 3.88. The van der Waals surface area contributed by atoms with Crippen molar-refractivity contribution in [3.63, 3.8) is 0 Å². The molecule has 2 heterocycles. The number of nitrogens with zero attached hydrogens (tertiary/aromatic N) is 3. The zero-order valence-electron chi connectivity index (χ0n) is 18.4. The van der Waals surface area contributed by atoms with Crippen LogP contribution < -0.4 is 15.7 Å². The van der Waals surface area contributed by atoms with Crippen LogP contribution in [0, 0.1) is 5.41 Å². The summed E-state index contributed by atoms with van der Waals surface area (Å²) in [5, 5.41) is 12.4. The quantitative estimate of drug-likeness (QED) is 0.701. The van der Waals surface area contributed by atoms with Gasteiger partial charge in [-0.15, -0.1) is 0 Å². The summed E-state index contributed by atoms with van der Waals surface area (Å²) in [6, 6.07) is 7.08. The molecule has 0 spiro atoms. The van der Waals surface area contributed by atoms with E-state index in [1.807, 2.05) is 37.8 Å². The van der Waals surface area contributed by atoms with E-state index in [4.69, 9.17) is 4.74 Å². The first-order chi connectivity index (χ1) is 14.6. The number of benzene rings is 1. The number of hydrogen-bond donors (Lipinski definition) is 2. The van der Waals surface area contributed by atoms with Gasteiger partial charge >= 0.3 is 11.7 Å². The number of aromatic nitrogens is 2. The molecular formula is C22H30N4O5. The van der Waals surface area contributed by atoms with Crippen molar-refractivity contribution in [3.8, 4) is 5.75 Å². The standard InChI is InChI=1S/C22H30N4O5/c1-22(2,3)18-14-24(9-10-25(18)21(29)30)13-16-11-23-26(20(28)19(16)27)12-15-5-7-17(31-4)8-6-15/h5-8,11,18,23H,9-10,12-14H2,1-4H3,(H,29,30). The fraction of sp³-hybridized carbons (Fsp3) is 0.500. The maximum atomic E-state index is 12.7. The number of methoxy groups -OCH3 is 1. The number of H-pyrrole nitrogens is 1. The van der Waals surface area contributed by atoms with E-state index in [2.05, 4.69) is 5.10 Å². The highest BCUT2D eigenvalue weighted by atomic mass is 16.5. The number of amides is 1. The lowest BCUT2D eigenvalue weighted by Crippen LogP contribution is -2.59. The average Bonchev–Trinajstić information content (AvgIpc) is 2.73. The maximum Gasteiger partial charge on any atom is 0.407 e. The predicted octanol–water partition coefficient (Wildman–Crippen LogP) is 1.80. The first-order valence-electron chi connectivity index (χ1n) is 10.3. The summed E-state index contributed by atoms with van der Waals surface area (Å²) in [5.41, 5.74) is -0.146. The fourth-order valence-electron chi connectivity index (χ4n) is 3.88. The molecule has 0 aliphatic carbocycles. The van der Waals surface area contributed by atoms with Crippen molar-refractivity contribution >= 4 is 6.09 Å². The van der Waals surface area contributed by atoms with E-state index in [1.165, 1.54) is 9.58 Å². The summed E-state index contributed by atoms with van der Waals surface area (Å²) >= 11 is 0. The van der Waals surface area contributed by atoms with Crippen molar-refractivity contribution in [2.24, 2.45) is 5.41 Å². The van der Waals surface area contributed by atoms with E-state index in [0.717, 1.165) is 11.3 Å². The number of nitrogens with one attached hydrogen (secondary N) is 1. The molecule has 0 bridgehead atoms. The summed E-state index contributed by atoms with van der Waals surface area (Å²) in [6.07, 6.45) is 0.640. The molecule has 1 fully saturated rings. The van der Waals surface area contributed by atoms with Crippen LogP contribution in [0.25, 0.3) is 0 Å². The maximum absolute atomic E-state index is 12.7. The molecule has 1 amide bonds. The Balaban J connectivity index is 1.75. The van der Waals surface area contributed by atoms with Gasteiger partial charge in [0.2, 0.25) is 0 Å². The van der Waals surface area contributed by atoms with Gasteiger partial charge in [-0.2, -0.15) is 0 Å². The monoisotopic (exact) mass is 430 g/mol. The summed E-state index contributed by atoms with van der Waals surface area (Å²) < 4.78 is 6.42. The number of ether oxygens (including phenoxy) is 1. The molecule has 9 nitrogen and oxygen atoms in total. The molecule has 1 unspecified atom stereocenters. The molecular weight excluding hydrogens is 400 g/mol. The smallest absolute Gasteiger partial charge is 0.407 e. The average molecular weight is 431 g/mol. The summed E-state index contributed by atoms with van der Waals surface area (Å²) in [5.74, 6) is 0.719. The molecule has 1 aliphatic rings. The third kappa shape index (κ3) is 5.16. The largest absolute Gasteiger partial charge is 0.497 e. The van der Waals surface area contributed by atoms with Crippen LogP contribution in [-0.2, 0) is 13.1 Å². The van der Waals surface area contributed by atoms with Crippen molar-refractivity contribution in [2.75, 3.05) is 26.7 Å². The Morgan fingerprint density at radius 1 is 1.16 bits per heavy atom. The third-order valence-electron chi connectivity index (χ3n) is 5.73. The minimum absolute atomic E-state index is 0.201. The van der Waals surface area contributed by atoms with Gasteiger partial charge in [-0.3, -0.25) is 14.5 Å². The number of hydrogen-bond acceptors (Lipinski definition) is 5. The number of aromatic amines is 1. The normalized spacial score (nSPS) is 17.5. The molecule has 0 radical (unpaired) electrons. The molecule has 1 saturated heterocycles. The van der Waals surface area contributed by atoms with Crippen molar-refractivity contribution < 1.29 is 14.6 Å². The Hall–Kier alpha value is -3.07. The van der Waals surface area contributed by atoms with Crippen LogP contribution in [0.4, 0.5) is 4.79 Å². The lowest BCUT2D eigenvalue weighted by molar-refractivity contribution is 0.0188. The number of piperazine rings is 1. The van der Waals surface area contributed by atoms with Crippen LogP contribution >= 0.6 is 0 Å². The lowest BCUT2D eigenvalue weighted by Gasteiger charge is -2.46. The summed E-state index contributed by atoms with van der Waals surface area (Å²) in [6.45, 7) is 7.94. The van der Waals surface area contributed by atoms with E-state index in [1.54, 1.807) is 25.4 Å². The molecule has 1 aromatic heterocycles. The second-order valence-corrected chi connectivity index (χ2v) is 8.96. The van der Waals surface area contributed by atoms with Crippen LogP contribution in [0.5, 0.6) is 5.75 Å². The Kier molecular flexibility index (Phi) is 6.54. The van der Waals surface area contributed by atoms with E-state index < -0.39 is 17.1 Å². The van der Waals surface area contributed by atoms with Crippen molar-refractivity contribution in [1.82, 2.24) is 19.6 Å². The number of carboxylic acid groups (broad SMARTS) is 1. The van der Waals surface area contributed by atoms with E-state index in [-0.39, 0.29) is 18.0 Å². The van der Waals surface area contributed by atoms with Gasteiger partial charge in [0.25, 0.3) is 5.43 Å². The van der Waals surface area contributed by atoms with E-state index in [0.29, 0.717) is 31.7 Å². The van der Waals surface area contributed by atoms with Crippen LogP contribution in [0.2, 0.25) is 0 Å². The number of carbonyl (C=O) groups is 1. The highest BCUT2D eigenvalue weighted by molar-refractivity contribution is 5.65. The molecule has 9 heteroatoms. The number of rotatable bonds is 5. The molecule has 168 valence electrons. The predicted molar refractivity (Wildman–Crippen MR) is 117 cm³/mol. The van der Waals surface area contributed by atoms with Crippen molar-refractivity contribution in [2.45, 2.75) is 39.9 Å². The van der Waals surface area contributed by atoms with Gasteiger partial charge in [-0.25, -0.2) is 9.48 Å². The van der Waals surface area contributed by atoms with Gasteiger partial charge in [-0.1, -0.05) is 32.9 Å². The van der Waals surface area contributed by atoms with Gasteiger partial charge in [0.1, 0.15) is 5.75 Å². The van der Waals surface area contributed by atoms with Gasteiger partial charge < -0.3 is 19.8 Å². The van der Waals surface area contributed by atoms with Crippen LogP contribution in [0.1, 0.15) is 31.9 Å². The lowest BCUT2D eigenvalue weighted by atomic mass is 9.84. The Morgan fingerprint density at radius 3 is 2.42 bits per heavy atom. The molecule has 0 saturated carbocycles. The van der Waals surface area contributed by atoms with Crippen molar-refractivity contribution in [1.29, 1.82) is 0 Å². The highest BCUT2D eigenvalue weighted by Gasteiger charge is 2.38. The third-order valence-corrected chi connectivity index (χ3v) is 5.73. The molecule has 2 aromatic rings. The molecule has 1 aliphatic heterocycles. The second kappa shape index (κ2) is 8.97. The second-order valence-electron chi connectivity index (χ2n) is 8.96. The molecule has 1 atom stereocenters. The SMILES string of the molecule is COc1ccc(Cn2[nH]cc(CN3CCN(C(=O)O)C(C(C)(C)C)C3)c(=O)c2=O)cc1. The van der Waals surface area contributed by atoms with Gasteiger partial charge in [0.15, 0.2) is 0 Å². The first-order valence-corrected chi connectivity index (χ1v) is 10.3. The van der Waals surface area contributed by atoms with Crippen LogP contribution in [-0.4, -0.2) is 63.6 Å². The summed E-state index contributed by atoms with van der Waals surface area (Å²) in [4.78, 5) is 40.4. The van der Waals surface area contributed by atoms with Crippen LogP contribution in [0.3, 0.4) is 0 Å². The van der Waals surface area contributed by atoms with Gasteiger partial charge in [0, 0.05) is 37.9 Å². The zero-order chi connectivity index (χ0) is 22.8. The minimum Gasteiger partial charge on any atom is -0.497 e. The van der Waals surface area contributed by atoms with Crippen LogP contribution in [0.15, 0.2) is 40.1 Å². The molecule has 2 N–H and O–H groups in total.